The zero-order valence-electron chi connectivity index (χ0n) is 17.8. The lowest BCUT2D eigenvalue weighted by Crippen LogP contribution is -2.30. The number of benzene rings is 2. The Bertz CT molecular complexity index is 911. The molecule has 2 nitrogen and oxygen atoms in total. The van der Waals surface area contributed by atoms with Crippen molar-refractivity contribution < 1.29 is 31.1 Å². The highest BCUT2D eigenvalue weighted by molar-refractivity contribution is 5.94. The van der Waals surface area contributed by atoms with Gasteiger partial charge in [0.1, 0.15) is 0 Å². The Hall–Kier alpha value is -2.77. The highest BCUT2D eigenvalue weighted by atomic mass is 19.4. The van der Waals surface area contributed by atoms with Crippen molar-refractivity contribution in [2.24, 2.45) is 0 Å². The fraction of sp³-hybridized carbons (Fsp3) is 0.375. The first kappa shape index (κ1) is 25.5. The number of carbonyl (C=O) groups is 1. The number of allylic oxidation sites excluding steroid dienone is 1. The van der Waals surface area contributed by atoms with Gasteiger partial charge in [-0.05, 0) is 60.4 Å². The number of hydrogen-bond donors (Lipinski definition) is 1. The van der Waals surface area contributed by atoms with E-state index in [0.29, 0.717) is 12.0 Å². The molecule has 2 aromatic rings. The summed E-state index contributed by atoms with van der Waals surface area (Å²) in [7, 11) is 0. The van der Waals surface area contributed by atoms with E-state index >= 15 is 0 Å². The summed E-state index contributed by atoms with van der Waals surface area (Å²) in [4.78, 5) is 12.8. The molecule has 0 saturated heterocycles. The van der Waals surface area contributed by atoms with Gasteiger partial charge in [0, 0.05) is 5.56 Å². The molecular weight excluding hydrogens is 432 g/mol. The molecule has 0 aliphatic carbocycles. The molecular formula is C24H25F6NO. The minimum atomic E-state index is -4.52. The third kappa shape index (κ3) is 6.87. The summed E-state index contributed by atoms with van der Waals surface area (Å²) in [6, 6.07) is 7.65. The molecule has 0 saturated carbocycles. The third-order valence-corrected chi connectivity index (χ3v) is 4.93. The van der Waals surface area contributed by atoms with Crippen molar-refractivity contribution in [3.63, 3.8) is 0 Å². The van der Waals surface area contributed by atoms with E-state index in [9.17, 15) is 31.1 Å². The molecule has 32 heavy (non-hydrogen) atoms. The molecule has 0 bridgehead atoms. The molecule has 2 rings (SSSR count). The Morgan fingerprint density at radius 1 is 0.844 bits per heavy atom. The zero-order chi connectivity index (χ0) is 23.9. The van der Waals surface area contributed by atoms with Crippen molar-refractivity contribution in [3.8, 4) is 0 Å². The lowest BCUT2D eigenvalue weighted by Gasteiger charge is -2.23. The summed E-state index contributed by atoms with van der Waals surface area (Å²) in [5.74, 6) is -0.609. The van der Waals surface area contributed by atoms with Crippen molar-refractivity contribution in [3.05, 3.63) is 82.4 Å². The van der Waals surface area contributed by atoms with Crippen molar-refractivity contribution in [1.82, 2.24) is 5.32 Å². The van der Waals surface area contributed by atoms with Gasteiger partial charge < -0.3 is 5.32 Å². The van der Waals surface area contributed by atoms with E-state index in [2.05, 4.69) is 5.32 Å². The summed E-state index contributed by atoms with van der Waals surface area (Å²) in [6.07, 6.45) is -4.11. The second-order valence-electron chi connectivity index (χ2n) is 7.42. The van der Waals surface area contributed by atoms with E-state index in [1.807, 2.05) is 19.9 Å². The minimum Gasteiger partial charge on any atom is -0.341 e. The number of unbranched alkanes of at least 4 members (excludes halogenated alkanes) is 1. The van der Waals surface area contributed by atoms with E-state index < -0.39 is 35.4 Å². The molecule has 1 N–H and O–H groups in total. The van der Waals surface area contributed by atoms with Crippen LogP contribution in [0, 0.1) is 0 Å². The molecule has 0 aliphatic heterocycles. The quantitative estimate of drug-likeness (QED) is 0.319. The van der Waals surface area contributed by atoms with E-state index in [1.54, 1.807) is 0 Å². The second-order valence-corrected chi connectivity index (χ2v) is 7.42. The maximum Gasteiger partial charge on any atom is 0.416 e. The number of nitrogens with one attached hydrogen (secondary N) is 1. The number of halogens is 6. The Morgan fingerprint density at radius 2 is 1.34 bits per heavy atom. The normalized spacial score (nSPS) is 13.7. The highest BCUT2D eigenvalue weighted by Crippen LogP contribution is 2.33. The fourth-order valence-corrected chi connectivity index (χ4v) is 3.26. The van der Waals surface area contributed by atoms with E-state index in [4.69, 9.17) is 0 Å². The van der Waals surface area contributed by atoms with Crippen LogP contribution < -0.4 is 5.32 Å². The molecule has 1 amide bonds. The summed E-state index contributed by atoms with van der Waals surface area (Å²) in [5, 5.41) is 2.79. The Labute approximate surface area is 183 Å². The Kier molecular flexibility index (Phi) is 8.52. The SMILES string of the molecule is CCCC=C(CCC)[C@@H](NC(=O)c1ccc(C(F)(F)F)cc1)c1ccc(C(F)(F)F)cc1. The van der Waals surface area contributed by atoms with Crippen LogP contribution in [-0.4, -0.2) is 5.91 Å². The number of carbonyl (C=O) groups excluding carboxylic acids is 1. The fourth-order valence-electron chi connectivity index (χ4n) is 3.26. The van der Waals surface area contributed by atoms with Crippen LogP contribution >= 0.6 is 0 Å². The van der Waals surface area contributed by atoms with Crippen LogP contribution in [-0.2, 0) is 12.4 Å². The molecule has 8 heteroatoms. The molecule has 0 spiro atoms. The van der Waals surface area contributed by atoms with E-state index in [0.717, 1.165) is 61.2 Å². The van der Waals surface area contributed by atoms with E-state index in [1.165, 1.54) is 12.1 Å². The molecule has 2 aromatic carbocycles. The van der Waals surface area contributed by atoms with Crippen LogP contribution in [0.25, 0.3) is 0 Å². The first-order valence-corrected chi connectivity index (χ1v) is 10.3. The molecule has 1 atom stereocenters. The van der Waals surface area contributed by atoms with Crippen LogP contribution in [0.3, 0.4) is 0 Å². The van der Waals surface area contributed by atoms with Crippen LogP contribution in [0.15, 0.2) is 60.2 Å². The lowest BCUT2D eigenvalue weighted by atomic mass is 9.93. The van der Waals surface area contributed by atoms with Crippen LogP contribution in [0.5, 0.6) is 0 Å². The van der Waals surface area contributed by atoms with Crippen molar-refractivity contribution in [1.29, 1.82) is 0 Å². The third-order valence-electron chi connectivity index (χ3n) is 4.93. The number of rotatable bonds is 8. The number of amides is 1. The molecule has 0 fully saturated rings. The highest BCUT2D eigenvalue weighted by Gasteiger charge is 2.31. The minimum absolute atomic E-state index is 0.0289. The summed E-state index contributed by atoms with van der Waals surface area (Å²) < 4.78 is 77.2. The van der Waals surface area contributed by atoms with Gasteiger partial charge in [-0.15, -0.1) is 0 Å². The number of hydrogen-bond acceptors (Lipinski definition) is 1. The molecule has 174 valence electrons. The molecule has 0 unspecified atom stereocenters. The molecule has 0 aliphatic rings. The van der Waals surface area contributed by atoms with Crippen molar-refractivity contribution in [2.75, 3.05) is 0 Å². The van der Waals surface area contributed by atoms with Gasteiger partial charge in [0.25, 0.3) is 5.91 Å². The monoisotopic (exact) mass is 457 g/mol. The standard InChI is InChI=1S/C24H25F6NO/c1-3-5-7-16(6-4-2)21(17-8-12-19(13-9-17)23(25,26)27)31-22(32)18-10-14-20(15-11-18)24(28,29)30/h7-15,21H,3-6H2,1-2H3,(H,31,32)/t21-/m1/s1. The largest absolute Gasteiger partial charge is 0.416 e. The lowest BCUT2D eigenvalue weighted by molar-refractivity contribution is -0.138. The Balaban J connectivity index is 2.38. The van der Waals surface area contributed by atoms with Gasteiger partial charge >= 0.3 is 12.4 Å². The molecule has 0 heterocycles. The van der Waals surface area contributed by atoms with Gasteiger partial charge in [0.05, 0.1) is 17.2 Å². The zero-order valence-corrected chi connectivity index (χ0v) is 17.8. The first-order valence-electron chi connectivity index (χ1n) is 10.3. The van der Waals surface area contributed by atoms with Gasteiger partial charge in [-0.25, -0.2) is 0 Å². The summed E-state index contributed by atoms with van der Waals surface area (Å²) in [6.45, 7) is 3.93. The maximum atomic E-state index is 13.0. The van der Waals surface area contributed by atoms with E-state index in [-0.39, 0.29) is 5.56 Å². The van der Waals surface area contributed by atoms with Crippen molar-refractivity contribution >= 4 is 5.91 Å². The van der Waals surface area contributed by atoms with Gasteiger partial charge in [-0.2, -0.15) is 26.3 Å². The summed E-state index contributed by atoms with van der Waals surface area (Å²) in [5.41, 5.74) is -0.337. The predicted molar refractivity (Wildman–Crippen MR) is 111 cm³/mol. The first-order chi connectivity index (χ1) is 15.0. The smallest absolute Gasteiger partial charge is 0.341 e. The Morgan fingerprint density at radius 3 is 1.78 bits per heavy atom. The summed E-state index contributed by atoms with van der Waals surface area (Å²) >= 11 is 0. The van der Waals surface area contributed by atoms with Crippen molar-refractivity contribution in [2.45, 2.75) is 57.9 Å². The molecule has 0 aromatic heterocycles. The second kappa shape index (κ2) is 10.7. The topological polar surface area (TPSA) is 29.1 Å². The molecule has 0 radical (unpaired) electrons. The van der Waals surface area contributed by atoms with Crippen LogP contribution in [0.4, 0.5) is 26.3 Å². The van der Waals surface area contributed by atoms with Crippen LogP contribution in [0.2, 0.25) is 0 Å². The van der Waals surface area contributed by atoms with Crippen LogP contribution in [0.1, 0.15) is 72.6 Å². The van der Waals surface area contributed by atoms with Gasteiger partial charge in [-0.1, -0.05) is 44.9 Å². The average molecular weight is 457 g/mol. The maximum absolute atomic E-state index is 13.0. The average Bonchev–Trinajstić information content (AvgIpc) is 2.74. The van der Waals surface area contributed by atoms with Gasteiger partial charge in [0.2, 0.25) is 0 Å². The number of alkyl halides is 6. The van der Waals surface area contributed by atoms with Gasteiger partial charge in [-0.3, -0.25) is 4.79 Å². The van der Waals surface area contributed by atoms with Gasteiger partial charge in [0.15, 0.2) is 0 Å². The predicted octanol–water partition coefficient (Wildman–Crippen LogP) is 7.72.